The van der Waals surface area contributed by atoms with Crippen LogP contribution >= 0.6 is 34.8 Å². The molecule has 1 amide bonds. The Hall–Kier alpha value is -1.84. The number of nitrogens with zero attached hydrogens (tertiary/aromatic N) is 1. The minimum Gasteiger partial charge on any atom is -0.452 e. The van der Waals surface area contributed by atoms with Crippen molar-refractivity contribution in [2.45, 2.75) is 17.9 Å². The van der Waals surface area contributed by atoms with E-state index in [1.54, 1.807) is 0 Å². The predicted octanol–water partition coefficient (Wildman–Crippen LogP) is 3.84. The van der Waals surface area contributed by atoms with E-state index in [0.29, 0.717) is 15.7 Å². The number of likely N-dealkylation sites (N-methyl/N-ethyl adjacent to an activating group) is 1. The third kappa shape index (κ3) is 6.32. The number of carbonyl (C=O) groups is 2. The highest BCUT2D eigenvalue weighted by atomic mass is 35.5. The van der Waals surface area contributed by atoms with E-state index in [0.717, 1.165) is 4.31 Å². The van der Waals surface area contributed by atoms with Crippen LogP contribution in [0.3, 0.4) is 0 Å². The van der Waals surface area contributed by atoms with Crippen molar-refractivity contribution >= 4 is 62.4 Å². The fraction of sp³-hybridized carbons (Fsp3) is 0.222. The maximum atomic E-state index is 12.5. The van der Waals surface area contributed by atoms with Crippen LogP contribution in [0.2, 0.25) is 15.1 Å². The van der Waals surface area contributed by atoms with Gasteiger partial charge in [-0.25, -0.2) is 8.42 Å². The van der Waals surface area contributed by atoms with E-state index in [4.69, 9.17) is 39.5 Å². The van der Waals surface area contributed by atoms with Crippen LogP contribution < -0.4 is 5.32 Å². The largest absolute Gasteiger partial charge is 0.452 e. The molecular formula is C18H17Cl3N2O5S. The molecule has 0 spiro atoms. The van der Waals surface area contributed by atoms with E-state index in [2.05, 4.69) is 5.32 Å². The summed E-state index contributed by atoms with van der Waals surface area (Å²) in [5.41, 5.74) is 0.298. The molecule has 11 heteroatoms. The highest BCUT2D eigenvalue weighted by Crippen LogP contribution is 2.25. The monoisotopic (exact) mass is 478 g/mol. The van der Waals surface area contributed by atoms with Crippen LogP contribution in [-0.2, 0) is 24.3 Å². The normalized spacial score (nSPS) is 12.5. The van der Waals surface area contributed by atoms with Crippen LogP contribution in [0, 0.1) is 0 Å². The standard InChI is InChI=1S/C18H17Cl3N2O5S/c1-11(18(25)22-16-8-5-13(20)9-15(16)21)28-17(24)10-23(2)29(26,27)14-6-3-12(19)4-7-14/h3-9,11H,10H2,1-2H3,(H,22,25). The summed E-state index contributed by atoms with van der Waals surface area (Å²) in [4.78, 5) is 24.3. The number of benzene rings is 2. The van der Waals surface area contributed by atoms with Crippen molar-refractivity contribution in [3.63, 3.8) is 0 Å². The van der Waals surface area contributed by atoms with Gasteiger partial charge in [-0.1, -0.05) is 34.8 Å². The molecule has 2 rings (SSSR count). The van der Waals surface area contributed by atoms with Crippen LogP contribution in [0.5, 0.6) is 0 Å². The Labute approximate surface area is 183 Å². The number of sulfonamides is 1. The molecule has 0 radical (unpaired) electrons. The van der Waals surface area contributed by atoms with Gasteiger partial charge in [-0.2, -0.15) is 4.31 Å². The van der Waals surface area contributed by atoms with Crippen molar-refractivity contribution in [1.29, 1.82) is 0 Å². The first-order valence-electron chi connectivity index (χ1n) is 8.18. The first kappa shape index (κ1) is 23.4. The van der Waals surface area contributed by atoms with E-state index in [-0.39, 0.29) is 9.92 Å². The summed E-state index contributed by atoms with van der Waals surface area (Å²) >= 11 is 17.5. The molecule has 0 aliphatic heterocycles. The molecule has 2 aromatic rings. The number of nitrogens with one attached hydrogen (secondary N) is 1. The molecule has 0 aromatic heterocycles. The third-order valence-corrected chi connectivity index (χ3v) is 6.36. The zero-order valence-electron chi connectivity index (χ0n) is 15.4. The van der Waals surface area contributed by atoms with Gasteiger partial charge >= 0.3 is 5.97 Å². The van der Waals surface area contributed by atoms with Crippen molar-refractivity contribution in [2.75, 3.05) is 18.9 Å². The SMILES string of the molecule is CC(OC(=O)CN(C)S(=O)(=O)c1ccc(Cl)cc1)C(=O)Nc1ccc(Cl)cc1Cl. The van der Waals surface area contributed by atoms with Gasteiger partial charge in [-0.05, 0) is 49.4 Å². The Morgan fingerprint density at radius 3 is 2.24 bits per heavy atom. The summed E-state index contributed by atoms with van der Waals surface area (Å²) < 4.78 is 30.8. The molecule has 1 N–H and O–H groups in total. The number of ether oxygens (including phenoxy) is 1. The number of esters is 1. The molecule has 156 valence electrons. The Bertz CT molecular complexity index is 1010. The molecule has 0 saturated heterocycles. The number of halogens is 3. The molecule has 0 aliphatic carbocycles. The Balaban J connectivity index is 1.96. The lowest BCUT2D eigenvalue weighted by atomic mass is 10.3. The van der Waals surface area contributed by atoms with Crippen molar-refractivity contribution < 1.29 is 22.7 Å². The van der Waals surface area contributed by atoms with E-state index < -0.39 is 34.5 Å². The highest BCUT2D eigenvalue weighted by molar-refractivity contribution is 7.89. The highest BCUT2D eigenvalue weighted by Gasteiger charge is 2.26. The number of amides is 1. The fourth-order valence-electron chi connectivity index (χ4n) is 2.17. The molecule has 0 saturated carbocycles. The van der Waals surface area contributed by atoms with E-state index in [1.807, 2.05) is 0 Å². The maximum Gasteiger partial charge on any atom is 0.322 e. The molecular weight excluding hydrogens is 463 g/mol. The minimum absolute atomic E-state index is 0.0274. The predicted molar refractivity (Wildman–Crippen MR) is 112 cm³/mol. The summed E-state index contributed by atoms with van der Waals surface area (Å²) in [7, 11) is -2.70. The summed E-state index contributed by atoms with van der Waals surface area (Å²) in [5.74, 6) is -1.53. The summed E-state index contributed by atoms with van der Waals surface area (Å²) in [6.45, 7) is 0.773. The van der Waals surface area contributed by atoms with E-state index >= 15 is 0 Å². The minimum atomic E-state index is -3.92. The zero-order chi connectivity index (χ0) is 21.8. The van der Waals surface area contributed by atoms with Gasteiger partial charge in [0.2, 0.25) is 10.0 Å². The molecule has 0 fully saturated rings. The molecule has 1 atom stereocenters. The Morgan fingerprint density at radius 2 is 1.66 bits per heavy atom. The first-order chi connectivity index (χ1) is 13.5. The zero-order valence-corrected chi connectivity index (χ0v) is 18.4. The number of hydrogen-bond acceptors (Lipinski definition) is 5. The van der Waals surface area contributed by atoms with Gasteiger partial charge in [0, 0.05) is 17.1 Å². The second-order valence-electron chi connectivity index (χ2n) is 5.96. The van der Waals surface area contributed by atoms with Crippen LogP contribution in [0.1, 0.15) is 6.92 Å². The number of anilines is 1. The third-order valence-electron chi connectivity index (χ3n) is 3.74. The summed E-state index contributed by atoms with van der Waals surface area (Å²) in [6.07, 6.45) is -1.18. The van der Waals surface area contributed by atoms with E-state index in [1.165, 1.54) is 56.4 Å². The van der Waals surface area contributed by atoms with Crippen molar-refractivity contribution in [2.24, 2.45) is 0 Å². The Kier molecular flexibility index (Phi) is 7.90. The van der Waals surface area contributed by atoms with Crippen LogP contribution in [0.15, 0.2) is 47.4 Å². The van der Waals surface area contributed by atoms with Gasteiger partial charge in [0.05, 0.1) is 15.6 Å². The molecule has 1 unspecified atom stereocenters. The van der Waals surface area contributed by atoms with E-state index in [9.17, 15) is 18.0 Å². The van der Waals surface area contributed by atoms with Gasteiger partial charge in [0.1, 0.15) is 6.54 Å². The van der Waals surface area contributed by atoms with Crippen LogP contribution in [0.25, 0.3) is 0 Å². The van der Waals surface area contributed by atoms with Gasteiger partial charge in [-0.3, -0.25) is 9.59 Å². The van der Waals surface area contributed by atoms with Crippen molar-refractivity contribution in [3.05, 3.63) is 57.5 Å². The van der Waals surface area contributed by atoms with Gasteiger partial charge in [0.25, 0.3) is 5.91 Å². The van der Waals surface area contributed by atoms with Crippen molar-refractivity contribution in [1.82, 2.24) is 4.31 Å². The fourth-order valence-corrected chi connectivity index (χ4v) is 3.86. The molecule has 0 bridgehead atoms. The Morgan fingerprint density at radius 1 is 1.07 bits per heavy atom. The molecule has 0 aliphatic rings. The number of rotatable bonds is 7. The molecule has 2 aromatic carbocycles. The molecule has 0 heterocycles. The lowest BCUT2D eigenvalue weighted by Crippen LogP contribution is -2.37. The van der Waals surface area contributed by atoms with Gasteiger partial charge in [-0.15, -0.1) is 0 Å². The lowest BCUT2D eigenvalue weighted by molar-refractivity contribution is -0.153. The topological polar surface area (TPSA) is 92.8 Å². The van der Waals surface area contributed by atoms with Gasteiger partial charge < -0.3 is 10.1 Å². The molecule has 29 heavy (non-hydrogen) atoms. The maximum absolute atomic E-state index is 12.5. The first-order valence-corrected chi connectivity index (χ1v) is 10.8. The summed E-state index contributed by atoms with van der Waals surface area (Å²) in [5, 5.41) is 3.51. The quantitative estimate of drug-likeness (QED) is 0.609. The van der Waals surface area contributed by atoms with Crippen LogP contribution in [0.4, 0.5) is 5.69 Å². The van der Waals surface area contributed by atoms with Crippen LogP contribution in [-0.4, -0.2) is 44.3 Å². The second-order valence-corrected chi connectivity index (χ2v) is 9.29. The number of carbonyl (C=O) groups excluding carboxylic acids is 2. The average Bonchev–Trinajstić information content (AvgIpc) is 2.64. The molecule has 7 nitrogen and oxygen atoms in total. The summed E-state index contributed by atoms with van der Waals surface area (Å²) in [6, 6.07) is 9.99. The van der Waals surface area contributed by atoms with Crippen molar-refractivity contribution in [3.8, 4) is 0 Å². The van der Waals surface area contributed by atoms with Gasteiger partial charge in [0.15, 0.2) is 6.10 Å². The second kappa shape index (κ2) is 9.77. The lowest BCUT2D eigenvalue weighted by Gasteiger charge is -2.18. The number of hydrogen-bond donors (Lipinski definition) is 1. The smallest absolute Gasteiger partial charge is 0.322 e. The average molecular weight is 480 g/mol.